The molecule has 6 nitrogen and oxygen atoms in total. The maximum Gasteiger partial charge on any atom is 0.122 e. The quantitative estimate of drug-likeness (QED) is 0.116. The molecule has 17 atom stereocenters. The molecule has 6 heteroatoms. The van der Waals surface area contributed by atoms with Crippen LogP contribution in [0.3, 0.4) is 0 Å². The summed E-state index contributed by atoms with van der Waals surface area (Å²) in [5, 5.41) is 49.0. The van der Waals surface area contributed by atoms with E-state index in [1.165, 1.54) is 106 Å². The van der Waals surface area contributed by atoms with Gasteiger partial charge in [0.1, 0.15) is 40.6 Å². The van der Waals surface area contributed by atoms with Crippen LogP contribution in [0.1, 0.15) is 233 Å². The van der Waals surface area contributed by atoms with Crippen LogP contribution in [0.5, 0.6) is 34.5 Å². The van der Waals surface area contributed by atoms with Crippen LogP contribution in [0, 0.1) is 96.6 Å². The van der Waals surface area contributed by atoms with Crippen LogP contribution >= 0.6 is 0 Å². The van der Waals surface area contributed by atoms with Gasteiger partial charge in [0, 0.05) is 11.5 Å². The second kappa shape index (κ2) is 22.4. The first kappa shape index (κ1) is 62.5. The van der Waals surface area contributed by atoms with Crippen molar-refractivity contribution in [3.63, 3.8) is 0 Å². The van der Waals surface area contributed by atoms with Crippen LogP contribution in [0.2, 0.25) is 0 Å². The summed E-state index contributed by atoms with van der Waals surface area (Å²) in [6, 6.07) is 39.1. The fraction of sp³-hybridized carbons (Fsp3) is 0.625. The van der Waals surface area contributed by atoms with E-state index in [9.17, 15) is 25.5 Å². The summed E-state index contributed by atoms with van der Waals surface area (Å²) < 4.78 is 6.25. The van der Waals surface area contributed by atoms with E-state index in [2.05, 4.69) is 165 Å². The number of hydrogen-bond donors (Lipinski definition) is 5. The van der Waals surface area contributed by atoms with Gasteiger partial charge in [0.15, 0.2) is 0 Å². The van der Waals surface area contributed by atoms with Crippen molar-refractivity contribution in [2.45, 2.75) is 217 Å². The summed E-state index contributed by atoms with van der Waals surface area (Å²) in [7, 11) is 0. The Bertz CT molecular complexity index is 3180. The van der Waals surface area contributed by atoms with Gasteiger partial charge in [0.05, 0.1) is 0 Å². The molecule has 86 heavy (non-hydrogen) atoms. The van der Waals surface area contributed by atoms with Gasteiger partial charge in [-0.05, 0) is 263 Å². The molecule has 466 valence electrons. The summed E-state index contributed by atoms with van der Waals surface area (Å²) in [5.41, 5.74) is 8.00. The highest BCUT2D eigenvalue weighted by Gasteiger charge is 2.65. The van der Waals surface area contributed by atoms with Crippen molar-refractivity contribution in [3.05, 3.63) is 144 Å². The predicted octanol–water partition coefficient (Wildman–Crippen LogP) is 21.0. The fourth-order valence-electron chi connectivity index (χ4n) is 21.5. The Labute approximate surface area is 519 Å². The standard InChI is InChI=1S/C16H22O2.4C16H22O/c1-15(2)10-6-7-16(15,3)13(8-10)12-5-4-11(17)9-14(12)18;1-10-14-8-12(16(10,2)3)9-15(14)11-4-6-13(17)7-5-11;1-10-13-8-11(16(10,2)3)9-14(13)12-6-4-5-7-15(12)17;1-15(2)11-8-9-16(15,3)13(10-11)12-6-4-5-7-14(12)17;1-15(2)12-9-10-16(15,3)14(11-12)17-13-7-5-4-6-8-13/h4-5,9-10,13,17-18H,6-8H2,1-3H3;4-7,10,12,14-15,17H,8-9H2,1-3H3;4-7,10-11,13-14,17H,8-9H2,1-3H3;4-7,11,13,17H,8-10H2,1-3H3;4-8,12,14H,9-11H2,1-3H3. The third-order valence-electron chi connectivity index (χ3n) is 29.6. The van der Waals surface area contributed by atoms with Crippen LogP contribution in [0.25, 0.3) is 0 Å². The van der Waals surface area contributed by atoms with Gasteiger partial charge in [-0.15, -0.1) is 0 Å². The van der Waals surface area contributed by atoms with Crippen molar-refractivity contribution < 1.29 is 30.3 Å². The van der Waals surface area contributed by atoms with Crippen LogP contribution in [0.15, 0.2) is 121 Å². The number of phenolic OH excluding ortho intramolecular Hbond substituents is 5. The van der Waals surface area contributed by atoms with E-state index in [0.29, 0.717) is 79.0 Å². The van der Waals surface area contributed by atoms with Crippen molar-refractivity contribution in [1.82, 2.24) is 0 Å². The number of para-hydroxylation sites is 3. The van der Waals surface area contributed by atoms with E-state index in [0.717, 1.165) is 70.5 Å². The lowest BCUT2D eigenvalue weighted by molar-refractivity contribution is 0.0302. The van der Waals surface area contributed by atoms with Crippen molar-refractivity contribution in [2.24, 2.45) is 96.6 Å². The third-order valence-corrected chi connectivity index (χ3v) is 29.6. The van der Waals surface area contributed by atoms with Crippen molar-refractivity contribution >= 4 is 0 Å². The Morgan fingerprint density at radius 3 is 1.21 bits per heavy atom. The van der Waals surface area contributed by atoms with Gasteiger partial charge >= 0.3 is 0 Å². The maximum atomic E-state index is 10.1. The number of benzene rings is 5. The van der Waals surface area contributed by atoms with Crippen LogP contribution < -0.4 is 4.74 Å². The molecule has 0 aromatic heterocycles. The Balaban J connectivity index is 0.000000112. The van der Waals surface area contributed by atoms with Crippen molar-refractivity contribution in [3.8, 4) is 34.5 Å². The molecule has 0 amide bonds. The number of ether oxygens (including phenoxy) is 1. The topological polar surface area (TPSA) is 110 Å². The van der Waals surface area contributed by atoms with Gasteiger partial charge in [-0.1, -0.05) is 177 Å². The monoisotopic (exact) mass is 1170 g/mol. The molecule has 0 aliphatic heterocycles. The molecule has 10 aliphatic carbocycles. The number of aromatic hydroxyl groups is 5. The lowest BCUT2D eigenvalue weighted by Gasteiger charge is -2.40. The highest BCUT2D eigenvalue weighted by atomic mass is 16.5. The van der Waals surface area contributed by atoms with E-state index in [4.69, 9.17) is 4.74 Å². The number of phenols is 5. The van der Waals surface area contributed by atoms with Crippen molar-refractivity contribution in [1.29, 1.82) is 0 Å². The van der Waals surface area contributed by atoms with E-state index in [-0.39, 0.29) is 16.9 Å². The molecule has 5 N–H and O–H groups in total. The average Bonchev–Trinajstić information content (AvgIpc) is 1.60. The third kappa shape index (κ3) is 10.2. The second-order valence-electron chi connectivity index (χ2n) is 33.4. The molecule has 0 heterocycles. The first-order valence-corrected chi connectivity index (χ1v) is 34.0. The summed E-state index contributed by atoms with van der Waals surface area (Å²) in [6.45, 7) is 36.2. The van der Waals surface area contributed by atoms with Gasteiger partial charge in [0.25, 0.3) is 0 Å². The molecule has 10 fully saturated rings. The lowest BCUT2D eigenvalue weighted by Crippen LogP contribution is -2.38. The number of rotatable bonds is 6. The first-order chi connectivity index (χ1) is 40.4. The molecule has 10 bridgehead atoms. The summed E-state index contributed by atoms with van der Waals surface area (Å²) in [4.78, 5) is 0. The van der Waals surface area contributed by atoms with E-state index in [1.807, 2.05) is 48.5 Å². The molecule has 17 unspecified atom stereocenters. The zero-order valence-corrected chi connectivity index (χ0v) is 55.5. The minimum Gasteiger partial charge on any atom is -0.508 e. The first-order valence-electron chi connectivity index (χ1n) is 34.0. The molecule has 0 saturated heterocycles. The highest BCUT2D eigenvalue weighted by molar-refractivity contribution is 5.44. The molecule has 0 spiro atoms. The normalized spacial score (nSPS) is 38.2. The zero-order valence-electron chi connectivity index (χ0n) is 55.5. The Hall–Kier alpha value is -5.10. The van der Waals surface area contributed by atoms with Gasteiger partial charge in [-0.25, -0.2) is 0 Å². The van der Waals surface area contributed by atoms with Gasteiger partial charge in [-0.2, -0.15) is 0 Å². The molecule has 10 aliphatic rings. The van der Waals surface area contributed by atoms with E-state index >= 15 is 0 Å². The minimum absolute atomic E-state index is 0.142. The molecular formula is C80H110O6. The average molecular weight is 1170 g/mol. The van der Waals surface area contributed by atoms with Gasteiger partial charge in [0.2, 0.25) is 0 Å². The van der Waals surface area contributed by atoms with Crippen LogP contribution in [0.4, 0.5) is 0 Å². The molecule has 5 aromatic rings. The molecule has 15 rings (SSSR count). The summed E-state index contributed by atoms with van der Waals surface area (Å²) in [6.07, 6.45) is 17.4. The maximum absolute atomic E-state index is 10.1. The van der Waals surface area contributed by atoms with Crippen LogP contribution in [-0.2, 0) is 0 Å². The van der Waals surface area contributed by atoms with Gasteiger partial charge in [-0.3, -0.25) is 0 Å². The molecule has 5 aromatic carbocycles. The fourth-order valence-corrected chi connectivity index (χ4v) is 21.5. The number of fused-ring (bicyclic) bond motifs is 10. The van der Waals surface area contributed by atoms with Crippen LogP contribution in [-0.4, -0.2) is 31.6 Å². The van der Waals surface area contributed by atoms with E-state index < -0.39 is 0 Å². The predicted molar refractivity (Wildman–Crippen MR) is 352 cm³/mol. The summed E-state index contributed by atoms with van der Waals surface area (Å²) in [5.74, 6) is 12.4. The summed E-state index contributed by atoms with van der Waals surface area (Å²) >= 11 is 0. The Kier molecular flexibility index (Phi) is 16.3. The second-order valence-corrected chi connectivity index (χ2v) is 33.4. The highest BCUT2D eigenvalue weighted by Crippen LogP contribution is 2.73. The SMILES string of the molecule is CC1(C)C2CCC1(C)C(Oc1ccccc1)C2.CC1(C)C2CCC1(C)C(c1ccc(O)cc1O)C2.CC1(C)C2CCC1(C)C(c1ccccc1O)C2.CC1C2CC(CC2c2ccc(O)cc2)C1(C)C.CC1C2CC(CC2c2ccccc2O)C1(C)C. The lowest BCUT2D eigenvalue weighted by atomic mass is 9.65. The Morgan fingerprint density at radius 2 is 0.791 bits per heavy atom. The van der Waals surface area contributed by atoms with Crippen molar-refractivity contribution in [2.75, 3.05) is 0 Å². The van der Waals surface area contributed by atoms with Gasteiger partial charge < -0.3 is 30.3 Å². The largest absolute Gasteiger partial charge is 0.508 e. The number of hydrogen-bond acceptors (Lipinski definition) is 6. The Morgan fingerprint density at radius 1 is 0.372 bits per heavy atom. The smallest absolute Gasteiger partial charge is 0.122 e. The minimum atomic E-state index is 0.142. The molecule has 10 saturated carbocycles. The zero-order chi connectivity index (χ0) is 61.9. The van der Waals surface area contributed by atoms with E-state index in [1.54, 1.807) is 6.07 Å². The molecule has 0 radical (unpaired) electrons. The molecular weight excluding hydrogens is 1060 g/mol.